The van der Waals surface area contributed by atoms with Gasteiger partial charge in [-0.15, -0.1) is 5.10 Å². The normalized spacial score (nSPS) is 9.30. The molecule has 1 aromatic rings. The van der Waals surface area contributed by atoms with Crippen molar-refractivity contribution in [2.24, 2.45) is 0 Å². The molecule has 0 aliphatic rings. The van der Waals surface area contributed by atoms with Crippen LogP contribution in [0.2, 0.25) is 0 Å². The van der Waals surface area contributed by atoms with Gasteiger partial charge in [0.25, 0.3) is 0 Å². The predicted molar refractivity (Wildman–Crippen MR) is 32.2 cm³/mol. The van der Waals surface area contributed by atoms with E-state index in [1.54, 1.807) is 0 Å². The van der Waals surface area contributed by atoms with Crippen molar-refractivity contribution in [1.82, 2.24) is 9.78 Å². The molecule has 1 aromatic heterocycles. The average Bonchev–Trinajstić information content (AvgIpc) is 2.34. The summed E-state index contributed by atoms with van der Waals surface area (Å²) in [6.45, 7) is 0. The number of nitrogens with zero attached hydrogens (tertiary/aromatic N) is 2. The van der Waals surface area contributed by atoms with Gasteiger partial charge in [0, 0.05) is 12.3 Å². The summed E-state index contributed by atoms with van der Waals surface area (Å²) in [7, 11) is 1.43. The highest BCUT2D eigenvalue weighted by atomic mass is 16.5. The minimum absolute atomic E-state index is 0.294. The highest BCUT2D eigenvalue weighted by molar-refractivity contribution is 5.66. The van der Waals surface area contributed by atoms with Crippen molar-refractivity contribution >= 4 is 6.09 Å². The molecule has 0 amide bonds. The van der Waals surface area contributed by atoms with Crippen molar-refractivity contribution in [1.29, 1.82) is 0 Å². The zero-order chi connectivity index (χ0) is 7.56. The predicted octanol–water partition coefficient (Wildman–Crippen LogP) is 0.418. The van der Waals surface area contributed by atoms with Gasteiger partial charge in [-0.05, 0) is 0 Å². The van der Waals surface area contributed by atoms with Gasteiger partial charge in [0.15, 0.2) is 0 Å². The first kappa shape index (κ1) is 6.60. The van der Waals surface area contributed by atoms with Crippen molar-refractivity contribution in [2.75, 3.05) is 7.11 Å². The molecule has 1 N–H and O–H groups in total. The van der Waals surface area contributed by atoms with Crippen LogP contribution in [0, 0.1) is 0 Å². The number of carboxylic acid groups (broad SMARTS) is 1. The van der Waals surface area contributed by atoms with Gasteiger partial charge in [0.1, 0.15) is 0 Å². The van der Waals surface area contributed by atoms with E-state index in [9.17, 15) is 4.79 Å². The highest BCUT2D eigenvalue weighted by Crippen LogP contribution is 2.02. The number of ether oxygens (including phenoxy) is 1. The van der Waals surface area contributed by atoms with Crippen molar-refractivity contribution in [3.8, 4) is 5.88 Å². The standard InChI is InChI=1S/C5H6N2O3/c1-10-4-2-3-7(6-4)5(8)9/h2-3H,1H3,(H,8,9). The van der Waals surface area contributed by atoms with Crippen LogP contribution in [0.1, 0.15) is 0 Å². The summed E-state index contributed by atoms with van der Waals surface area (Å²) < 4.78 is 5.43. The first-order valence-corrected chi connectivity index (χ1v) is 2.57. The van der Waals surface area contributed by atoms with Crippen LogP contribution in [0.5, 0.6) is 5.88 Å². The largest absolute Gasteiger partial charge is 0.480 e. The molecule has 0 saturated heterocycles. The molecule has 5 heteroatoms. The van der Waals surface area contributed by atoms with Crippen molar-refractivity contribution in [3.05, 3.63) is 12.3 Å². The van der Waals surface area contributed by atoms with E-state index in [2.05, 4.69) is 9.84 Å². The summed E-state index contributed by atoms with van der Waals surface area (Å²) in [4.78, 5) is 10.2. The van der Waals surface area contributed by atoms with Crippen molar-refractivity contribution in [3.63, 3.8) is 0 Å². The van der Waals surface area contributed by atoms with Crippen LogP contribution in [0.4, 0.5) is 4.79 Å². The topological polar surface area (TPSA) is 64.3 Å². The van der Waals surface area contributed by atoms with Crippen LogP contribution < -0.4 is 4.74 Å². The molecule has 1 heterocycles. The molecule has 1 rings (SSSR count). The molecule has 5 nitrogen and oxygen atoms in total. The summed E-state index contributed by atoms with van der Waals surface area (Å²) in [5.41, 5.74) is 0. The van der Waals surface area contributed by atoms with E-state index < -0.39 is 6.09 Å². The molecule has 0 aromatic carbocycles. The molecule has 10 heavy (non-hydrogen) atoms. The number of hydrogen-bond acceptors (Lipinski definition) is 3. The first-order valence-electron chi connectivity index (χ1n) is 2.57. The summed E-state index contributed by atoms with van der Waals surface area (Å²) in [5, 5.41) is 11.9. The van der Waals surface area contributed by atoms with Gasteiger partial charge in [-0.1, -0.05) is 0 Å². The zero-order valence-electron chi connectivity index (χ0n) is 5.31. The van der Waals surface area contributed by atoms with Gasteiger partial charge in [-0.2, -0.15) is 4.68 Å². The Morgan fingerprint density at radius 2 is 2.60 bits per heavy atom. The Balaban J connectivity index is 2.88. The Morgan fingerprint density at radius 1 is 1.90 bits per heavy atom. The maximum Gasteiger partial charge on any atom is 0.432 e. The molecule has 0 fully saturated rings. The minimum atomic E-state index is -1.12. The quantitative estimate of drug-likeness (QED) is 0.617. The Kier molecular flexibility index (Phi) is 1.57. The Bertz CT molecular complexity index is 243. The van der Waals surface area contributed by atoms with Gasteiger partial charge in [0.05, 0.1) is 7.11 Å². The van der Waals surface area contributed by atoms with E-state index in [1.807, 2.05) is 0 Å². The first-order chi connectivity index (χ1) is 4.74. The van der Waals surface area contributed by atoms with Crippen LogP contribution in [0.25, 0.3) is 0 Å². The summed E-state index contributed by atoms with van der Waals surface area (Å²) >= 11 is 0. The van der Waals surface area contributed by atoms with Crippen LogP contribution >= 0.6 is 0 Å². The van der Waals surface area contributed by atoms with Crippen molar-refractivity contribution < 1.29 is 14.6 Å². The molecule has 0 atom stereocenters. The lowest BCUT2D eigenvalue weighted by atomic mass is 10.7. The smallest absolute Gasteiger partial charge is 0.432 e. The Morgan fingerprint density at radius 3 is 2.90 bits per heavy atom. The fraction of sp³-hybridized carbons (Fsp3) is 0.200. The number of aromatic nitrogens is 2. The van der Waals surface area contributed by atoms with E-state index in [4.69, 9.17) is 5.11 Å². The van der Waals surface area contributed by atoms with Crippen LogP contribution in [-0.2, 0) is 0 Å². The van der Waals surface area contributed by atoms with Crippen molar-refractivity contribution in [2.45, 2.75) is 0 Å². The van der Waals surface area contributed by atoms with Gasteiger partial charge in [-0.25, -0.2) is 4.79 Å². The molecule has 0 bridgehead atoms. The van der Waals surface area contributed by atoms with Crippen LogP contribution in [0.15, 0.2) is 12.3 Å². The number of carbonyl (C=O) groups is 1. The molecule has 0 radical (unpaired) electrons. The minimum Gasteiger partial charge on any atom is -0.480 e. The average molecular weight is 142 g/mol. The van der Waals surface area contributed by atoms with E-state index in [-0.39, 0.29) is 0 Å². The molecular weight excluding hydrogens is 136 g/mol. The summed E-state index contributed by atoms with van der Waals surface area (Å²) in [6.07, 6.45) is 0.185. The second-order valence-corrected chi connectivity index (χ2v) is 1.59. The Hall–Kier alpha value is -1.52. The number of hydrogen-bond donors (Lipinski definition) is 1. The summed E-state index contributed by atoms with van der Waals surface area (Å²) in [5.74, 6) is 0.294. The van der Waals surface area contributed by atoms with Crippen LogP contribution in [-0.4, -0.2) is 28.1 Å². The third-order valence-electron chi connectivity index (χ3n) is 0.970. The number of rotatable bonds is 1. The fourth-order valence-corrected chi connectivity index (χ4v) is 0.523. The molecular formula is C5H6N2O3. The molecule has 0 aliphatic carbocycles. The highest BCUT2D eigenvalue weighted by Gasteiger charge is 2.02. The SMILES string of the molecule is COc1ccn(C(=O)O)n1. The molecule has 0 unspecified atom stereocenters. The van der Waals surface area contributed by atoms with Crippen LogP contribution in [0.3, 0.4) is 0 Å². The molecule has 0 aliphatic heterocycles. The van der Waals surface area contributed by atoms with Gasteiger partial charge < -0.3 is 9.84 Å². The van der Waals surface area contributed by atoms with Gasteiger partial charge in [-0.3, -0.25) is 0 Å². The van der Waals surface area contributed by atoms with E-state index >= 15 is 0 Å². The zero-order valence-corrected chi connectivity index (χ0v) is 5.31. The fourth-order valence-electron chi connectivity index (χ4n) is 0.523. The third kappa shape index (κ3) is 1.07. The van der Waals surface area contributed by atoms with E-state index in [0.29, 0.717) is 5.88 Å². The lowest BCUT2D eigenvalue weighted by Gasteiger charge is -1.89. The van der Waals surface area contributed by atoms with E-state index in [0.717, 1.165) is 4.68 Å². The molecule has 0 spiro atoms. The Labute approximate surface area is 56.8 Å². The lowest BCUT2D eigenvalue weighted by Crippen LogP contribution is -2.07. The second kappa shape index (κ2) is 2.38. The maximum atomic E-state index is 10.2. The summed E-state index contributed by atoms with van der Waals surface area (Å²) in [6, 6.07) is 1.47. The van der Waals surface area contributed by atoms with Gasteiger partial charge in [0.2, 0.25) is 5.88 Å². The second-order valence-electron chi connectivity index (χ2n) is 1.59. The lowest BCUT2D eigenvalue weighted by molar-refractivity contribution is 0.192. The third-order valence-corrected chi connectivity index (χ3v) is 0.970. The maximum absolute atomic E-state index is 10.2. The molecule has 54 valence electrons. The van der Waals surface area contributed by atoms with Gasteiger partial charge >= 0.3 is 6.09 Å². The van der Waals surface area contributed by atoms with E-state index in [1.165, 1.54) is 19.4 Å². The monoisotopic (exact) mass is 142 g/mol. The number of methoxy groups -OCH3 is 1. The molecule has 0 saturated carbocycles.